The molecule has 0 radical (unpaired) electrons. The van der Waals surface area contributed by atoms with Crippen LogP contribution in [0.1, 0.15) is 67.5 Å². The highest BCUT2D eigenvalue weighted by Crippen LogP contribution is 2.74. The quantitative estimate of drug-likeness (QED) is 0.680. The normalized spacial score (nSPS) is 31.9. The number of likely N-dealkylation sites (tertiary alicyclic amines) is 1. The van der Waals surface area contributed by atoms with Crippen LogP contribution in [-0.2, 0) is 11.2 Å². The van der Waals surface area contributed by atoms with Crippen LogP contribution in [0.2, 0.25) is 0 Å². The van der Waals surface area contributed by atoms with E-state index in [1.165, 1.54) is 43.4 Å². The van der Waals surface area contributed by atoms with Crippen molar-refractivity contribution in [2.75, 3.05) is 19.6 Å². The fraction of sp³-hybridized carbons (Fsp3) is 0.654. The SMILES string of the molecule is O=C(NCC12CCCC3(CC3C1)C2)c1cccc2nc(CC(=O)N3CCCC(C(F)(F)F)C3)cn12. The minimum atomic E-state index is -4.29. The molecule has 2 bridgehead atoms. The Labute approximate surface area is 202 Å². The van der Waals surface area contributed by atoms with Crippen molar-refractivity contribution in [1.29, 1.82) is 0 Å². The molecular formula is C26H31F3N4O2. The van der Waals surface area contributed by atoms with E-state index in [1.807, 2.05) is 0 Å². The van der Waals surface area contributed by atoms with E-state index in [9.17, 15) is 22.8 Å². The third-order valence-electron chi connectivity index (χ3n) is 9.12. The molecule has 2 amide bonds. The highest BCUT2D eigenvalue weighted by Gasteiger charge is 2.66. The lowest BCUT2D eigenvalue weighted by Crippen LogP contribution is -2.45. The van der Waals surface area contributed by atoms with Gasteiger partial charge in [-0.2, -0.15) is 13.2 Å². The summed E-state index contributed by atoms with van der Waals surface area (Å²) in [5.41, 5.74) is 2.26. The topological polar surface area (TPSA) is 66.7 Å². The average molecular weight is 489 g/mol. The Morgan fingerprint density at radius 2 is 2.03 bits per heavy atom. The first kappa shape index (κ1) is 22.9. The standard InChI is InChI=1S/C26H31F3N4O2/c27-26(28,29)17-4-2-9-32(13-17)22(34)10-19-14-33-20(5-1-6-21(33)31-19)23(35)30-16-24-7-3-8-25(15-24)12-18(25)11-24/h1,5-6,14,17-18H,2-4,7-13,15-16H2,(H,30,35). The van der Waals surface area contributed by atoms with Gasteiger partial charge in [0.2, 0.25) is 5.91 Å². The highest BCUT2D eigenvalue weighted by atomic mass is 19.4. The van der Waals surface area contributed by atoms with E-state index in [1.54, 1.807) is 28.8 Å². The van der Waals surface area contributed by atoms with Crippen LogP contribution in [-0.4, -0.2) is 51.9 Å². The average Bonchev–Trinajstić information content (AvgIpc) is 3.18. The third kappa shape index (κ3) is 4.10. The summed E-state index contributed by atoms with van der Waals surface area (Å²) < 4.78 is 41.1. The summed E-state index contributed by atoms with van der Waals surface area (Å²) in [7, 11) is 0. The van der Waals surface area contributed by atoms with Gasteiger partial charge in [0.05, 0.1) is 18.0 Å². The number of carbonyl (C=O) groups excluding carboxylic acids is 2. The third-order valence-corrected chi connectivity index (χ3v) is 9.12. The highest BCUT2D eigenvalue weighted by molar-refractivity contribution is 5.93. The number of amides is 2. The van der Waals surface area contributed by atoms with Crippen molar-refractivity contribution in [3.63, 3.8) is 0 Å². The van der Waals surface area contributed by atoms with Crippen LogP contribution in [0.4, 0.5) is 13.2 Å². The predicted molar refractivity (Wildman–Crippen MR) is 123 cm³/mol. The maximum Gasteiger partial charge on any atom is 0.393 e. The molecular weight excluding hydrogens is 457 g/mol. The van der Waals surface area contributed by atoms with Gasteiger partial charge >= 0.3 is 6.18 Å². The fourth-order valence-corrected chi connectivity index (χ4v) is 7.33. The zero-order valence-corrected chi connectivity index (χ0v) is 19.7. The number of rotatable bonds is 5. The lowest BCUT2D eigenvalue weighted by atomic mass is 9.71. The van der Waals surface area contributed by atoms with Crippen molar-refractivity contribution >= 4 is 17.5 Å². The molecule has 1 aliphatic heterocycles. The fourth-order valence-electron chi connectivity index (χ4n) is 7.33. The number of hydrogen-bond donors (Lipinski definition) is 1. The molecule has 2 aromatic rings. The van der Waals surface area contributed by atoms with Crippen LogP contribution in [0.25, 0.3) is 5.65 Å². The molecule has 188 valence electrons. The molecule has 4 unspecified atom stereocenters. The summed E-state index contributed by atoms with van der Waals surface area (Å²) >= 11 is 0. The molecule has 2 aromatic heterocycles. The van der Waals surface area contributed by atoms with Crippen LogP contribution >= 0.6 is 0 Å². The van der Waals surface area contributed by atoms with Gasteiger partial charge in [-0.1, -0.05) is 12.5 Å². The lowest BCUT2D eigenvalue weighted by Gasteiger charge is -2.36. The van der Waals surface area contributed by atoms with Gasteiger partial charge in [-0.3, -0.25) is 14.0 Å². The molecule has 35 heavy (non-hydrogen) atoms. The number of aromatic nitrogens is 2. The van der Waals surface area contributed by atoms with E-state index in [2.05, 4.69) is 10.3 Å². The second-order valence-electron chi connectivity index (χ2n) is 11.4. The summed E-state index contributed by atoms with van der Waals surface area (Å²) in [6.07, 6.45) is 5.29. The van der Waals surface area contributed by atoms with E-state index >= 15 is 0 Å². The van der Waals surface area contributed by atoms with Gasteiger partial charge in [0, 0.05) is 25.8 Å². The minimum absolute atomic E-state index is 0.0586. The Balaban J connectivity index is 1.13. The second-order valence-corrected chi connectivity index (χ2v) is 11.4. The Morgan fingerprint density at radius 1 is 1.17 bits per heavy atom. The Kier molecular flexibility index (Phi) is 5.20. The summed E-state index contributed by atoms with van der Waals surface area (Å²) in [6, 6.07) is 5.26. The van der Waals surface area contributed by atoms with E-state index < -0.39 is 12.1 Å². The monoisotopic (exact) mass is 488 g/mol. The van der Waals surface area contributed by atoms with Crippen molar-refractivity contribution in [2.45, 2.75) is 64.0 Å². The van der Waals surface area contributed by atoms with E-state index in [-0.39, 0.29) is 36.6 Å². The Hall–Kier alpha value is -2.58. The van der Waals surface area contributed by atoms with Gasteiger partial charge in [-0.25, -0.2) is 4.98 Å². The molecule has 3 heterocycles. The van der Waals surface area contributed by atoms with Crippen molar-refractivity contribution in [2.24, 2.45) is 22.7 Å². The molecule has 4 aliphatic rings. The van der Waals surface area contributed by atoms with Crippen LogP contribution in [0.3, 0.4) is 0 Å². The number of halogens is 3. The smallest absolute Gasteiger partial charge is 0.350 e. The first-order chi connectivity index (χ1) is 16.7. The zero-order chi connectivity index (χ0) is 24.4. The molecule has 3 aliphatic carbocycles. The number of carbonyl (C=O) groups is 2. The second kappa shape index (κ2) is 7.96. The Bertz CT molecular complexity index is 1180. The van der Waals surface area contributed by atoms with Crippen LogP contribution < -0.4 is 5.32 Å². The lowest BCUT2D eigenvalue weighted by molar-refractivity contribution is -0.187. The van der Waals surface area contributed by atoms with E-state index in [0.29, 0.717) is 42.0 Å². The minimum Gasteiger partial charge on any atom is -0.350 e. The summed E-state index contributed by atoms with van der Waals surface area (Å²) in [5.74, 6) is -1.14. The maximum atomic E-state index is 13.1. The van der Waals surface area contributed by atoms with Crippen molar-refractivity contribution in [3.05, 3.63) is 35.8 Å². The summed E-state index contributed by atoms with van der Waals surface area (Å²) in [5, 5.41) is 3.17. The molecule has 1 spiro atoms. The van der Waals surface area contributed by atoms with Gasteiger partial charge in [-0.15, -0.1) is 0 Å². The number of fused-ring (bicyclic) bond motifs is 2. The predicted octanol–water partition coefficient (Wildman–Crippen LogP) is 4.38. The molecule has 1 N–H and O–H groups in total. The zero-order valence-electron chi connectivity index (χ0n) is 19.7. The van der Waals surface area contributed by atoms with E-state index in [4.69, 9.17) is 0 Å². The number of hydrogen-bond acceptors (Lipinski definition) is 3. The van der Waals surface area contributed by atoms with Gasteiger partial charge in [0.15, 0.2) is 0 Å². The summed E-state index contributed by atoms with van der Waals surface area (Å²) in [6.45, 7) is 0.722. The summed E-state index contributed by atoms with van der Waals surface area (Å²) in [4.78, 5) is 31.6. The number of alkyl halides is 3. The molecule has 4 fully saturated rings. The molecule has 0 aromatic carbocycles. The van der Waals surface area contributed by atoms with Crippen molar-refractivity contribution in [3.8, 4) is 0 Å². The largest absolute Gasteiger partial charge is 0.393 e. The van der Waals surface area contributed by atoms with E-state index in [0.717, 1.165) is 5.92 Å². The van der Waals surface area contributed by atoms with Crippen LogP contribution in [0.15, 0.2) is 24.4 Å². The number of imidazole rings is 1. The van der Waals surface area contributed by atoms with Crippen LogP contribution in [0.5, 0.6) is 0 Å². The first-order valence-electron chi connectivity index (χ1n) is 12.8. The van der Waals surface area contributed by atoms with Gasteiger partial charge < -0.3 is 10.2 Å². The first-order valence-corrected chi connectivity index (χ1v) is 12.8. The molecule has 3 saturated carbocycles. The molecule has 6 rings (SSSR count). The van der Waals surface area contributed by atoms with Gasteiger partial charge in [0.25, 0.3) is 5.91 Å². The maximum absolute atomic E-state index is 13.1. The number of nitrogens with zero attached hydrogens (tertiary/aromatic N) is 3. The van der Waals surface area contributed by atoms with Gasteiger partial charge in [0.1, 0.15) is 11.3 Å². The number of nitrogens with one attached hydrogen (secondary N) is 1. The molecule has 4 atom stereocenters. The Morgan fingerprint density at radius 3 is 2.86 bits per heavy atom. The van der Waals surface area contributed by atoms with Crippen molar-refractivity contribution < 1.29 is 22.8 Å². The molecule has 6 nitrogen and oxygen atoms in total. The van der Waals surface area contributed by atoms with Gasteiger partial charge in [-0.05, 0) is 73.8 Å². The van der Waals surface area contributed by atoms with Crippen molar-refractivity contribution in [1.82, 2.24) is 19.6 Å². The van der Waals surface area contributed by atoms with Crippen LogP contribution in [0, 0.1) is 22.7 Å². The molecule has 1 saturated heterocycles. The number of piperidine rings is 1. The molecule has 9 heteroatoms. The number of pyridine rings is 1.